The van der Waals surface area contributed by atoms with Gasteiger partial charge in [-0.15, -0.1) is 0 Å². The Morgan fingerprint density at radius 2 is 0.850 bits per heavy atom. The van der Waals surface area contributed by atoms with E-state index in [2.05, 4.69) is 0 Å². The van der Waals surface area contributed by atoms with Gasteiger partial charge < -0.3 is 0 Å². The molecule has 0 unspecified atom stereocenters. The smallest absolute Gasteiger partial charge is 0.0139 e. The first kappa shape index (κ1) is 14.5. The van der Waals surface area contributed by atoms with Crippen molar-refractivity contribution in [1.29, 1.82) is 0 Å². The van der Waals surface area contributed by atoms with Crippen LogP contribution in [-0.4, -0.2) is 35.0 Å². The Bertz CT molecular complexity index is 285. The van der Waals surface area contributed by atoms with Crippen LogP contribution in [0.15, 0.2) is 0 Å². The maximum Gasteiger partial charge on any atom is -0.0139 e. The number of rotatable bonds is 3. The van der Waals surface area contributed by atoms with Crippen molar-refractivity contribution in [3.05, 3.63) is 0 Å². The van der Waals surface area contributed by atoms with Gasteiger partial charge in [0.05, 0.1) is 0 Å². The second kappa shape index (κ2) is 6.54. The summed E-state index contributed by atoms with van der Waals surface area (Å²) in [4.78, 5) is 0. The Kier molecular flexibility index (Phi) is 4.73. The van der Waals surface area contributed by atoms with Crippen molar-refractivity contribution in [2.45, 2.75) is 99.7 Å². The predicted octanol–water partition coefficient (Wildman–Crippen LogP) is 6.16. The molecule has 2 aliphatic heterocycles. The van der Waals surface area contributed by atoms with Gasteiger partial charge in [-0.2, -0.15) is 0 Å². The average molecular weight is 310 g/mol. The summed E-state index contributed by atoms with van der Waals surface area (Å²) in [5.74, 6) is 0. The molecule has 4 rings (SSSR count). The van der Waals surface area contributed by atoms with Crippen LogP contribution in [0, 0.1) is 0 Å². The molecule has 0 N–H and O–H groups in total. The molecule has 0 nitrogen and oxygen atoms in total. The van der Waals surface area contributed by atoms with Gasteiger partial charge in [0.1, 0.15) is 0 Å². The van der Waals surface area contributed by atoms with E-state index in [0.29, 0.717) is 15.8 Å². The summed E-state index contributed by atoms with van der Waals surface area (Å²) < 4.78 is 0. The van der Waals surface area contributed by atoms with Crippen LogP contribution in [0.5, 0.6) is 0 Å². The molecule has 2 aliphatic carbocycles. The van der Waals surface area contributed by atoms with Crippen molar-refractivity contribution in [2.24, 2.45) is 0 Å². The first-order valence-electron chi connectivity index (χ1n) is 9.45. The van der Waals surface area contributed by atoms with E-state index < -0.39 is 0 Å². The molecule has 4 atom stereocenters. The van der Waals surface area contributed by atoms with Crippen molar-refractivity contribution in [2.75, 3.05) is 12.3 Å². The van der Waals surface area contributed by atoms with Gasteiger partial charge in [-0.1, -0.05) is 41.5 Å². The number of hydrogen-bond acceptors (Lipinski definition) is 0. The SMILES string of the molecule is C1CCC([P@]2CCC[C@@H]2[C@H]2CCC[P@@]2C2CCCC2)C1. The highest BCUT2D eigenvalue weighted by Crippen LogP contribution is 2.68. The zero-order valence-electron chi connectivity index (χ0n) is 13.1. The van der Waals surface area contributed by atoms with Gasteiger partial charge in [-0.25, -0.2) is 0 Å². The van der Waals surface area contributed by atoms with E-state index in [4.69, 9.17) is 0 Å². The van der Waals surface area contributed by atoms with E-state index in [1.165, 1.54) is 22.6 Å². The fourth-order valence-corrected chi connectivity index (χ4v) is 14.7. The third-order valence-electron chi connectivity index (χ3n) is 6.72. The van der Waals surface area contributed by atoms with Crippen LogP contribution in [-0.2, 0) is 0 Å². The topological polar surface area (TPSA) is 0 Å². The molecule has 2 saturated heterocycles. The van der Waals surface area contributed by atoms with E-state index in [-0.39, 0.29) is 0 Å². The van der Waals surface area contributed by atoms with Crippen LogP contribution < -0.4 is 0 Å². The van der Waals surface area contributed by atoms with Gasteiger partial charge in [-0.3, -0.25) is 0 Å². The summed E-state index contributed by atoms with van der Waals surface area (Å²) in [5, 5.41) is 0. The van der Waals surface area contributed by atoms with Gasteiger partial charge in [0.15, 0.2) is 0 Å². The molecule has 0 aromatic carbocycles. The highest BCUT2D eigenvalue weighted by Gasteiger charge is 2.44. The average Bonchev–Trinajstić information content (AvgIpc) is 3.23. The third kappa shape index (κ3) is 2.74. The van der Waals surface area contributed by atoms with Gasteiger partial charge in [0.25, 0.3) is 0 Å². The molecule has 20 heavy (non-hydrogen) atoms. The van der Waals surface area contributed by atoms with Crippen molar-refractivity contribution in [1.82, 2.24) is 0 Å². The minimum absolute atomic E-state index is 0.455. The lowest BCUT2D eigenvalue weighted by Gasteiger charge is -2.36. The van der Waals surface area contributed by atoms with E-state index in [1.54, 1.807) is 89.4 Å². The molecule has 0 aromatic heterocycles. The van der Waals surface area contributed by atoms with Crippen LogP contribution in [0.25, 0.3) is 0 Å². The van der Waals surface area contributed by atoms with Gasteiger partial charge in [-0.05, 0) is 86.3 Å². The molecule has 0 radical (unpaired) electrons. The van der Waals surface area contributed by atoms with E-state index >= 15 is 0 Å². The molecule has 0 amide bonds. The quantitative estimate of drug-likeness (QED) is 0.548. The summed E-state index contributed by atoms with van der Waals surface area (Å²) >= 11 is 0. The van der Waals surface area contributed by atoms with Crippen molar-refractivity contribution >= 4 is 15.8 Å². The van der Waals surface area contributed by atoms with E-state index in [1.807, 2.05) is 0 Å². The number of hydrogen-bond donors (Lipinski definition) is 0. The van der Waals surface area contributed by atoms with Crippen molar-refractivity contribution in [3.8, 4) is 0 Å². The molecule has 4 fully saturated rings. The Morgan fingerprint density at radius 1 is 0.450 bits per heavy atom. The first-order valence-corrected chi connectivity index (χ1v) is 12.8. The van der Waals surface area contributed by atoms with Crippen LogP contribution in [0.4, 0.5) is 0 Å². The summed E-state index contributed by atoms with van der Waals surface area (Å²) in [5.41, 5.74) is 4.95. The molecule has 0 bridgehead atoms. The van der Waals surface area contributed by atoms with E-state index in [0.717, 1.165) is 0 Å². The Labute approximate surface area is 128 Å². The molecule has 4 aliphatic rings. The Morgan fingerprint density at radius 3 is 1.25 bits per heavy atom. The normalized spacial score (nSPS) is 43.8. The van der Waals surface area contributed by atoms with Gasteiger partial charge >= 0.3 is 0 Å². The van der Waals surface area contributed by atoms with E-state index in [9.17, 15) is 0 Å². The molecule has 2 heterocycles. The molecule has 114 valence electrons. The fraction of sp³-hybridized carbons (Fsp3) is 1.00. The zero-order valence-corrected chi connectivity index (χ0v) is 14.9. The Balaban J connectivity index is 1.46. The summed E-state index contributed by atoms with van der Waals surface area (Å²) in [6.45, 7) is 0. The molecular weight excluding hydrogens is 278 g/mol. The highest BCUT2D eigenvalue weighted by atomic mass is 31.1. The fourth-order valence-electron chi connectivity index (χ4n) is 5.83. The van der Waals surface area contributed by atoms with Crippen molar-refractivity contribution < 1.29 is 0 Å². The molecule has 2 heteroatoms. The second-order valence-electron chi connectivity index (χ2n) is 7.77. The van der Waals surface area contributed by atoms with Crippen molar-refractivity contribution in [3.63, 3.8) is 0 Å². The van der Waals surface area contributed by atoms with Crippen LogP contribution >= 0.6 is 15.8 Å². The van der Waals surface area contributed by atoms with Crippen LogP contribution in [0.2, 0.25) is 0 Å². The zero-order chi connectivity index (χ0) is 13.4. The molecular formula is C18H32P2. The van der Waals surface area contributed by atoms with Gasteiger partial charge in [0, 0.05) is 0 Å². The van der Waals surface area contributed by atoms with Gasteiger partial charge in [0.2, 0.25) is 0 Å². The molecule has 0 aromatic rings. The summed E-state index contributed by atoms with van der Waals surface area (Å²) in [6.07, 6.45) is 22.6. The summed E-state index contributed by atoms with van der Waals surface area (Å²) in [6, 6.07) is 0. The third-order valence-corrected chi connectivity index (χ3v) is 14.5. The molecule has 0 spiro atoms. The standard InChI is InChI=1S/C18H32P2/c1-2-8-15(7-1)19-13-5-11-17(19)18-12-6-14-20(18)16-9-3-4-10-16/h15-18H,1-14H2/t17-,18-,19+,20+/m1/s1. The lowest BCUT2D eigenvalue weighted by molar-refractivity contribution is 0.686. The lowest BCUT2D eigenvalue weighted by Crippen LogP contribution is -2.23. The monoisotopic (exact) mass is 310 g/mol. The first-order chi connectivity index (χ1) is 9.93. The molecule has 2 saturated carbocycles. The lowest BCUT2D eigenvalue weighted by atomic mass is 10.1. The summed E-state index contributed by atoms with van der Waals surface area (Å²) in [7, 11) is 0.909. The van der Waals surface area contributed by atoms with Crippen LogP contribution in [0.3, 0.4) is 0 Å². The van der Waals surface area contributed by atoms with Crippen LogP contribution in [0.1, 0.15) is 77.0 Å². The maximum absolute atomic E-state index is 1.68. The maximum atomic E-state index is 1.68. The highest BCUT2D eigenvalue weighted by molar-refractivity contribution is 7.64. The largest absolute Gasteiger partial charge is 0.0997 e. The second-order valence-corrected chi connectivity index (χ2v) is 13.5. The minimum Gasteiger partial charge on any atom is -0.0997 e. The predicted molar refractivity (Wildman–Crippen MR) is 94.1 cm³/mol. The minimum atomic E-state index is 0.455. The Hall–Kier alpha value is 0.860.